The Morgan fingerprint density at radius 1 is 1.09 bits per heavy atom. The van der Waals surface area contributed by atoms with E-state index in [-0.39, 0.29) is 5.97 Å². The molecule has 2 saturated carbocycles. The molecule has 5 nitrogen and oxygen atoms in total. The van der Waals surface area contributed by atoms with Gasteiger partial charge in [-0.15, -0.1) is 0 Å². The van der Waals surface area contributed by atoms with Crippen molar-refractivity contribution in [1.82, 2.24) is 5.32 Å². The summed E-state index contributed by atoms with van der Waals surface area (Å²) in [5, 5.41) is 2.22. The number of carbonyl (C=O) groups is 3. The molecule has 3 rings (SSSR count). The van der Waals surface area contributed by atoms with Gasteiger partial charge in [-0.2, -0.15) is 0 Å². The summed E-state index contributed by atoms with van der Waals surface area (Å²) >= 11 is 0. The van der Waals surface area contributed by atoms with Crippen molar-refractivity contribution in [3.8, 4) is 0 Å². The molecule has 2 fully saturated rings. The van der Waals surface area contributed by atoms with Crippen molar-refractivity contribution in [3.63, 3.8) is 0 Å². The number of esters is 1. The third-order valence-corrected chi connectivity index (χ3v) is 4.97. The molecule has 0 radical (unpaired) electrons. The van der Waals surface area contributed by atoms with Gasteiger partial charge in [0.15, 0.2) is 6.61 Å². The molecule has 2 amide bonds. The Balaban J connectivity index is 1.39. The molecule has 2 aliphatic carbocycles. The van der Waals surface area contributed by atoms with Crippen LogP contribution in [0, 0.1) is 17.8 Å². The predicted molar refractivity (Wildman–Crippen MR) is 83.4 cm³/mol. The fourth-order valence-electron chi connectivity index (χ4n) is 3.87. The van der Waals surface area contributed by atoms with E-state index >= 15 is 0 Å². The number of hydrogen-bond acceptors (Lipinski definition) is 4. The maximum absolute atomic E-state index is 11.8. The quantitative estimate of drug-likeness (QED) is 0.846. The van der Waals surface area contributed by atoms with E-state index in [2.05, 4.69) is 5.32 Å². The summed E-state index contributed by atoms with van der Waals surface area (Å²) < 4.78 is 5.01. The predicted octanol–water partition coefficient (Wildman–Crippen LogP) is 2.31. The molecule has 122 valence electrons. The van der Waals surface area contributed by atoms with Crippen LogP contribution >= 0.6 is 0 Å². The van der Waals surface area contributed by atoms with Gasteiger partial charge in [0.05, 0.1) is 0 Å². The van der Waals surface area contributed by atoms with Crippen LogP contribution in [0.1, 0.15) is 42.5 Å². The summed E-state index contributed by atoms with van der Waals surface area (Å²) in [5.74, 6) is 0.422. The van der Waals surface area contributed by atoms with Crippen LogP contribution in [0.3, 0.4) is 0 Å². The Kier molecular flexibility index (Phi) is 4.74. The monoisotopic (exact) mass is 315 g/mol. The summed E-state index contributed by atoms with van der Waals surface area (Å²) in [7, 11) is 0. The normalized spacial score (nSPS) is 25.1. The Bertz CT molecular complexity index is 598. The summed E-state index contributed by atoms with van der Waals surface area (Å²) in [6, 6.07) is 8.45. The molecule has 0 aliphatic heterocycles. The molecule has 0 spiro atoms. The van der Waals surface area contributed by atoms with Gasteiger partial charge in [0.1, 0.15) is 0 Å². The van der Waals surface area contributed by atoms with E-state index in [1.165, 1.54) is 19.3 Å². The molecule has 1 N–H and O–H groups in total. The first kappa shape index (κ1) is 15.7. The second kappa shape index (κ2) is 6.94. The van der Waals surface area contributed by atoms with Crippen LogP contribution in [0.4, 0.5) is 0 Å². The molecule has 0 heterocycles. The second-order valence-electron chi connectivity index (χ2n) is 6.54. The number of fused-ring (bicyclic) bond motifs is 2. The lowest BCUT2D eigenvalue weighted by Gasteiger charge is -2.20. The lowest BCUT2D eigenvalue weighted by atomic mass is 9.86. The average molecular weight is 315 g/mol. The number of benzene rings is 1. The van der Waals surface area contributed by atoms with Gasteiger partial charge in [-0.1, -0.05) is 24.6 Å². The summed E-state index contributed by atoms with van der Waals surface area (Å²) in [6.45, 7) is -0.405. The minimum Gasteiger partial charge on any atom is -0.456 e. The highest BCUT2D eigenvalue weighted by molar-refractivity contribution is 6.05. The molecule has 0 saturated heterocycles. The van der Waals surface area contributed by atoms with E-state index in [1.807, 2.05) is 0 Å². The van der Waals surface area contributed by atoms with E-state index in [0.717, 1.165) is 12.3 Å². The van der Waals surface area contributed by atoms with E-state index in [1.54, 1.807) is 30.3 Å². The molecule has 23 heavy (non-hydrogen) atoms. The number of hydrogen-bond donors (Lipinski definition) is 1. The van der Waals surface area contributed by atoms with E-state index in [4.69, 9.17) is 4.74 Å². The number of rotatable bonds is 5. The number of imide groups is 1. The Morgan fingerprint density at radius 2 is 1.87 bits per heavy atom. The number of ether oxygens (including phenoxy) is 1. The van der Waals surface area contributed by atoms with Crippen molar-refractivity contribution in [2.24, 2.45) is 17.8 Å². The zero-order valence-electron chi connectivity index (χ0n) is 13.0. The topological polar surface area (TPSA) is 72.5 Å². The van der Waals surface area contributed by atoms with Gasteiger partial charge in [-0.05, 0) is 49.1 Å². The third kappa shape index (κ3) is 3.97. The Labute approximate surface area is 135 Å². The lowest BCUT2D eigenvalue weighted by Crippen LogP contribution is -2.34. The molecule has 0 aromatic heterocycles. The molecule has 5 heteroatoms. The molecular weight excluding hydrogens is 294 g/mol. The highest BCUT2D eigenvalue weighted by Gasteiger charge is 2.40. The molecular formula is C18H21NO4. The standard InChI is InChI=1S/C18H21NO4/c20-16(19-18(22)13-4-2-1-3-5-13)11-23-17(21)10-15-9-12-6-7-14(15)8-12/h1-5,12,14-15H,6-11H2,(H,19,20,22)/t12-,14+,15+/m0/s1. The van der Waals surface area contributed by atoms with Crippen molar-refractivity contribution in [1.29, 1.82) is 0 Å². The van der Waals surface area contributed by atoms with Crippen molar-refractivity contribution < 1.29 is 19.1 Å². The molecule has 2 bridgehead atoms. The Hall–Kier alpha value is -2.17. The molecule has 0 unspecified atom stereocenters. The summed E-state index contributed by atoms with van der Waals surface area (Å²) in [4.78, 5) is 35.3. The van der Waals surface area contributed by atoms with Gasteiger partial charge in [0, 0.05) is 12.0 Å². The second-order valence-corrected chi connectivity index (χ2v) is 6.54. The van der Waals surface area contributed by atoms with Crippen LogP contribution in [0.5, 0.6) is 0 Å². The zero-order chi connectivity index (χ0) is 16.2. The first-order valence-electron chi connectivity index (χ1n) is 8.16. The molecule has 3 atom stereocenters. The van der Waals surface area contributed by atoms with Crippen LogP contribution in [-0.2, 0) is 14.3 Å². The molecule has 1 aromatic carbocycles. The molecule has 2 aliphatic rings. The SMILES string of the molecule is O=C(COC(=O)C[C@H]1C[C@H]2CC[C@@H]1C2)NC(=O)c1ccccc1. The lowest BCUT2D eigenvalue weighted by molar-refractivity contribution is -0.149. The highest BCUT2D eigenvalue weighted by Crippen LogP contribution is 2.49. The zero-order valence-corrected chi connectivity index (χ0v) is 13.0. The van der Waals surface area contributed by atoms with Crippen LogP contribution in [0.25, 0.3) is 0 Å². The van der Waals surface area contributed by atoms with Gasteiger partial charge < -0.3 is 4.74 Å². The molecule has 1 aromatic rings. The van der Waals surface area contributed by atoms with Gasteiger partial charge in [-0.3, -0.25) is 19.7 Å². The van der Waals surface area contributed by atoms with Crippen molar-refractivity contribution >= 4 is 17.8 Å². The summed E-state index contributed by atoms with van der Waals surface area (Å²) in [5.41, 5.74) is 0.397. The van der Waals surface area contributed by atoms with E-state index in [0.29, 0.717) is 23.8 Å². The minimum atomic E-state index is -0.597. The van der Waals surface area contributed by atoms with Crippen LogP contribution in [-0.4, -0.2) is 24.4 Å². The fraction of sp³-hybridized carbons (Fsp3) is 0.500. The fourth-order valence-corrected chi connectivity index (χ4v) is 3.87. The maximum Gasteiger partial charge on any atom is 0.306 e. The number of nitrogens with one attached hydrogen (secondary N) is 1. The highest BCUT2D eigenvalue weighted by atomic mass is 16.5. The van der Waals surface area contributed by atoms with Gasteiger partial charge >= 0.3 is 5.97 Å². The number of amides is 2. The number of carbonyl (C=O) groups excluding carboxylic acids is 3. The van der Waals surface area contributed by atoms with E-state index < -0.39 is 18.4 Å². The summed E-state index contributed by atoms with van der Waals surface area (Å²) in [6.07, 6.45) is 5.25. The smallest absolute Gasteiger partial charge is 0.306 e. The average Bonchev–Trinajstić information content (AvgIpc) is 3.16. The van der Waals surface area contributed by atoms with Crippen molar-refractivity contribution in [2.45, 2.75) is 32.1 Å². The largest absolute Gasteiger partial charge is 0.456 e. The van der Waals surface area contributed by atoms with Crippen LogP contribution < -0.4 is 5.32 Å². The van der Waals surface area contributed by atoms with Crippen LogP contribution in [0.2, 0.25) is 0 Å². The van der Waals surface area contributed by atoms with E-state index in [9.17, 15) is 14.4 Å². The van der Waals surface area contributed by atoms with Crippen molar-refractivity contribution in [3.05, 3.63) is 35.9 Å². The van der Waals surface area contributed by atoms with Crippen molar-refractivity contribution in [2.75, 3.05) is 6.61 Å². The van der Waals surface area contributed by atoms with Gasteiger partial charge in [0.25, 0.3) is 11.8 Å². The van der Waals surface area contributed by atoms with Crippen LogP contribution in [0.15, 0.2) is 30.3 Å². The maximum atomic E-state index is 11.8. The Morgan fingerprint density at radius 3 is 2.52 bits per heavy atom. The third-order valence-electron chi connectivity index (χ3n) is 4.97. The minimum absolute atomic E-state index is 0.343. The van der Waals surface area contributed by atoms with Gasteiger partial charge in [0.2, 0.25) is 0 Å². The van der Waals surface area contributed by atoms with Gasteiger partial charge in [-0.25, -0.2) is 0 Å². The first-order chi connectivity index (χ1) is 11.1. The first-order valence-corrected chi connectivity index (χ1v) is 8.16.